The van der Waals surface area contributed by atoms with Gasteiger partial charge in [-0.05, 0) is 0 Å². The fourth-order valence-electron chi connectivity index (χ4n) is 0.538. The first-order chi connectivity index (χ1) is 5.72. The minimum atomic E-state index is -4.84. The molecular weight excluding hydrogens is 203 g/mol. The number of primary amides is 2. The number of hydrogen-bond donors (Lipinski definition) is 4. The quantitative estimate of drug-likeness (QED) is 0.380. The second-order valence-electron chi connectivity index (χ2n) is 2.16. The first-order valence-corrected chi connectivity index (χ1v) is 4.57. The van der Waals surface area contributed by atoms with Crippen LogP contribution >= 0.6 is 7.82 Å². The van der Waals surface area contributed by atoms with Crippen LogP contribution in [-0.2, 0) is 18.7 Å². The lowest BCUT2D eigenvalue weighted by molar-refractivity contribution is -0.130. The Morgan fingerprint density at radius 3 is 2.08 bits per heavy atom. The molecule has 6 N–H and O–H groups in total. The average molecular weight is 212 g/mol. The molecule has 0 radical (unpaired) electrons. The summed E-state index contributed by atoms with van der Waals surface area (Å²) < 4.78 is 14.1. The third-order valence-electron chi connectivity index (χ3n) is 0.968. The van der Waals surface area contributed by atoms with Gasteiger partial charge in [0.25, 0.3) is 0 Å². The van der Waals surface area contributed by atoms with Crippen molar-refractivity contribution in [1.82, 2.24) is 0 Å². The summed E-state index contributed by atoms with van der Waals surface area (Å²) in [5.41, 5.74) is 9.35. The van der Waals surface area contributed by atoms with E-state index in [1.807, 2.05) is 0 Å². The van der Waals surface area contributed by atoms with Crippen molar-refractivity contribution < 1.29 is 28.5 Å². The number of carbonyl (C=O) groups is 2. The van der Waals surface area contributed by atoms with E-state index in [0.717, 1.165) is 0 Å². The van der Waals surface area contributed by atoms with E-state index in [1.54, 1.807) is 0 Å². The van der Waals surface area contributed by atoms with Crippen LogP contribution in [-0.4, -0.2) is 27.7 Å². The van der Waals surface area contributed by atoms with E-state index in [1.165, 1.54) is 0 Å². The highest BCUT2D eigenvalue weighted by Gasteiger charge is 2.27. The highest BCUT2D eigenvalue weighted by molar-refractivity contribution is 7.46. The van der Waals surface area contributed by atoms with Gasteiger partial charge in [0.1, 0.15) is 0 Å². The summed E-state index contributed by atoms with van der Waals surface area (Å²) in [4.78, 5) is 37.3. The van der Waals surface area contributed by atoms with Gasteiger partial charge in [0.15, 0.2) is 6.10 Å². The predicted octanol–water partition coefficient (Wildman–Crippen LogP) is -2.17. The van der Waals surface area contributed by atoms with E-state index in [9.17, 15) is 14.2 Å². The first kappa shape index (κ1) is 12.0. The van der Waals surface area contributed by atoms with Crippen molar-refractivity contribution in [2.45, 2.75) is 12.5 Å². The minimum Gasteiger partial charge on any atom is -0.370 e. The van der Waals surface area contributed by atoms with Gasteiger partial charge in [-0.3, -0.25) is 14.1 Å². The summed E-state index contributed by atoms with van der Waals surface area (Å²) in [6.07, 6.45) is -2.36. The molecule has 0 bridgehead atoms. The maximum atomic E-state index is 10.5. The maximum absolute atomic E-state index is 10.5. The van der Waals surface area contributed by atoms with E-state index >= 15 is 0 Å². The molecule has 0 spiro atoms. The molecule has 0 saturated heterocycles. The fraction of sp³-hybridized carbons (Fsp3) is 0.500. The number of phosphoric acid groups is 1. The molecule has 0 aromatic heterocycles. The molecule has 0 heterocycles. The van der Waals surface area contributed by atoms with Gasteiger partial charge in [0.05, 0.1) is 6.42 Å². The third kappa shape index (κ3) is 6.23. The van der Waals surface area contributed by atoms with Gasteiger partial charge < -0.3 is 21.3 Å². The number of phosphoric ester groups is 1. The monoisotopic (exact) mass is 212 g/mol. The lowest BCUT2D eigenvalue weighted by atomic mass is 10.2. The lowest BCUT2D eigenvalue weighted by Crippen LogP contribution is -2.34. The topological polar surface area (TPSA) is 153 Å². The zero-order chi connectivity index (χ0) is 10.6. The largest absolute Gasteiger partial charge is 0.470 e. The summed E-state index contributed by atoms with van der Waals surface area (Å²) in [5, 5.41) is 0. The van der Waals surface area contributed by atoms with Crippen LogP contribution in [0.4, 0.5) is 0 Å². The minimum absolute atomic E-state index is 0.666. The van der Waals surface area contributed by atoms with Crippen molar-refractivity contribution in [3.05, 3.63) is 0 Å². The molecule has 9 heteroatoms. The summed E-state index contributed by atoms with van der Waals surface area (Å²) in [6.45, 7) is 0. The van der Waals surface area contributed by atoms with Crippen LogP contribution in [0.15, 0.2) is 0 Å². The summed E-state index contributed by atoms with van der Waals surface area (Å²) >= 11 is 0. The van der Waals surface area contributed by atoms with Gasteiger partial charge in [-0.2, -0.15) is 0 Å². The normalized spacial score (nSPS) is 13.7. The molecule has 0 aromatic rings. The molecule has 0 fully saturated rings. The summed E-state index contributed by atoms with van der Waals surface area (Å²) in [7, 11) is -4.84. The van der Waals surface area contributed by atoms with Crippen molar-refractivity contribution in [2.75, 3.05) is 0 Å². The van der Waals surface area contributed by atoms with Gasteiger partial charge in [0.2, 0.25) is 11.8 Å². The Hall–Kier alpha value is -0.950. The Morgan fingerprint density at radius 1 is 1.38 bits per heavy atom. The molecule has 2 amide bonds. The van der Waals surface area contributed by atoms with Crippen molar-refractivity contribution in [3.63, 3.8) is 0 Å². The van der Waals surface area contributed by atoms with Crippen LogP contribution in [0.3, 0.4) is 0 Å². The van der Waals surface area contributed by atoms with Crippen molar-refractivity contribution >= 4 is 19.6 Å². The standard InChI is InChI=1S/C4H9N2O6P/c5-3(7)1-2(4(6)8)12-13(9,10)11/h2H,1H2,(H2,5,7)(H2,6,8)(H2,9,10,11). The first-order valence-electron chi connectivity index (χ1n) is 3.04. The number of carbonyl (C=O) groups excluding carboxylic acids is 2. The maximum Gasteiger partial charge on any atom is 0.470 e. The average Bonchev–Trinajstić information content (AvgIpc) is 1.81. The van der Waals surface area contributed by atoms with Crippen LogP contribution < -0.4 is 11.5 Å². The molecule has 8 nitrogen and oxygen atoms in total. The zero-order valence-electron chi connectivity index (χ0n) is 6.41. The van der Waals surface area contributed by atoms with Crippen molar-refractivity contribution in [2.24, 2.45) is 11.5 Å². The van der Waals surface area contributed by atoms with Gasteiger partial charge in [-0.15, -0.1) is 0 Å². The third-order valence-corrected chi connectivity index (χ3v) is 1.50. The number of hydrogen-bond acceptors (Lipinski definition) is 4. The molecule has 0 rings (SSSR count). The Balaban J connectivity index is 4.36. The van der Waals surface area contributed by atoms with Gasteiger partial charge in [-0.25, -0.2) is 4.57 Å². The molecule has 0 aliphatic heterocycles. The van der Waals surface area contributed by atoms with Crippen LogP contribution in [0.2, 0.25) is 0 Å². The molecule has 0 aliphatic carbocycles. The number of nitrogens with two attached hydrogens (primary N) is 2. The van der Waals surface area contributed by atoms with Crippen molar-refractivity contribution in [1.29, 1.82) is 0 Å². The Bertz CT molecular complexity index is 259. The van der Waals surface area contributed by atoms with Crippen molar-refractivity contribution in [3.8, 4) is 0 Å². The van der Waals surface area contributed by atoms with E-state index in [4.69, 9.17) is 9.79 Å². The van der Waals surface area contributed by atoms with Crippen LogP contribution in [0.25, 0.3) is 0 Å². The van der Waals surface area contributed by atoms with Crippen LogP contribution in [0.1, 0.15) is 6.42 Å². The summed E-state index contributed by atoms with van der Waals surface area (Å²) in [6, 6.07) is 0. The van der Waals surface area contributed by atoms with E-state index in [2.05, 4.69) is 16.0 Å². The predicted molar refractivity (Wildman–Crippen MR) is 39.9 cm³/mol. The summed E-state index contributed by atoms with van der Waals surface area (Å²) in [5.74, 6) is -2.11. The molecule has 76 valence electrons. The van der Waals surface area contributed by atoms with Gasteiger partial charge >= 0.3 is 7.82 Å². The molecule has 0 aliphatic rings. The second kappa shape index (κ2) is 4.33. The molecular formula is C4H9N2O6P. The molecule has 1 atom stereocenters. The number of rotatable bonds is 5. The van der Waals surface area contributed by atoms with Crippen LogP contribution in [0, 0.1) is 0 Å². The lowest BCUT2D eigenvalue weighted by Gasteiger charge is -2.12. The SMILES string of the molecule is NC(=O)CC(OP(=O)(O)O)C(N)=O. The Kier molecular flexibility index (Phi) is 4.02. The second-order valence-corrected chi connectivity index (χ2v) is 3.35. The highest BCUT2D eigenvalue weighted by Crippen LogP contribution is 2.38. The van der Waals surface area contributed by atoms with Gasteiger partial charge in [-0.1, -0.05) is 0 Å². The zero-order valence-corrected chi connectivity index (χ0v) is 7.31. The molecule has 0 aromatic carbocycles. The van der Waals surface area contributed by atoms with E-state index < -0.39 is 32.2 Å². The molecule has 13 heavy (non-hydrogen) atoms. The molecule has 1 unspecified atom stereocenters. The van der Waals surface area contributed by atoms with E-state index in [-0.39, 0.29) is 0 Å². The smallest absolute Gasteiger partial charge is 0.370 e. The molecule has 0 saturated carbocycles. The van der Waals surface area contributed by atoms with E-state index in [0.29, 0.717) is 0 Å². The fourth-order valence-corrected chi connectivity index (χ4v) is 1.05. The Morgan fingerprint density at radius 2 is 1.85 bits per heavy atom. The van der Waals surface area contributed by atoms with Crippen LogP contribution in [0.5, 0.6) is 0 Å². The van der Waals surface area contributed by atoms with Gasteiger partial charge in [0, 0.05) is 0 Å². The Labute approximate surface area is 73.1 Å². The number of amides is 2. The highest BCUT2D eigenvalue weighted by atomic mass is 31.2.